The van der Waals surface area contributed by atoms with Gasteiger partial charge in [0.2, 0.25) is 5.91 Å². The molecule has 0 saturated carbocycles. The number of carbonyl (C=O) groups excluding carboxylic acids is 2. The molecule has 37 heavy (non-hydrogen) atoms. The molecule has 0 aliphatic heterocycles. The number of amides is 2. The predicted molar refractivity (Wildman–Crippen MR) is 137 cm³/mol. The lowest BCUT2D eigenvalue weighted by Crippen LogP contribution is -2.48. The van der Waals surface area contributed by atoms with Gasteiger partial charge in [0, 0.05) is 31.8 Å². The number of hydrogen-bond acceptors (Lipinski definition) is 5. The molecular weight excluding hydrogens is 480 g/mol. The van der Waals surface area contributed by atoms with Crippen LogP contribution in [0.1, 0.15) is 40.9 Å². The molecule has 2 amide bonds. The van der Waals surface area contributed by atoms with E-state index in [9.17, 15) is 28.6 Å². The molecule has 0 aliphatic carbocycles. The normalized spacial score (nSPS) is 12.6. The number of rotatable bonds is 11. The van der Waals surface area contributed by atoms with Crippen LogP contribution in [0.25, 0.3) is 0 Å². The van der Waals surface area contributed by atoms with Gasteiger partial charge in [0.25, 0.3) is 5.91 Å². The summed E-state index contributed by atoms with van der Waals surface area (Å²) in [5, 5.41) is 29.5. The van der Waals surface area contributed by atoms with Crippen LogP contribution in [0.2, 0.25) is 0 Å². The Morgan fingerprint density at radius 2 is 1.65 bits per heavy atom. The minimum absolute atomic E-state index is 0.0687. The zero-order valence-corrected chi connectivity index (χ0v) is 20.7. The van der Waals surface area contributed by atoms with Crippen molar-refractivity contribution in [3.8, 4) is 5.75 Å². The van der Waals surface area contributed by atoms with Gasteiger partial charge in [-0.15, -0.1) is 0 Å². The van der Waals surface area contributed by atoms with Crippen molar-refractivity contribution in [1.29, 1.82) is 0 Å². The Balaban J connectivity index is 1.77. The molecular formula is C28H31F2N3O4. The third kappa shape index (κ3) is 8.37. The predicted octanol–water partition coefficient (Wildman–Crippen LogP) is 3.68. The second kappa shape index (κ2) is 12.9. The molecule has 0 saturated heterocycles. The largest absolute Gasteiger partial charge is 0.507 e. The fourth-order valence-corrected chi connectivity index (χ4v) is 3.98. The van der Waals surface area contributed by atoms with E-state index in [0.717, 1.165) is 30.2 Å². The molecule has 0 aromatic heterocycles. The number of phenols is 1. The lowest BCUT2D eigenvalue weighted by atomic mass is 9.99. The highest BCUT2D eigenvalue weighted by Crippen LogP contribution is 2.22. The Bertz CT molecular complexity index is 1230. The van der Waals surface area contributed by atoms with E-state index in [0.29, 0.717) is 12.2 Å². The van der Waals surface area contributed by atoms with Gasteiger partial charge in [0.15, 0.2) is 0 Å². The molecule has 2 atom stereocenters. The van der Waals surface area contributed by atoms with Crippen LogP contribution < -0.4 is 16.0 Å². The lowest BCUT2D eigenvalue weighted by molar-refractivity contribution is -0.114. The van der Waals surface area contributed by atoms with E-state index in [1.165, 1.54) is 30.7 Å². The standard InChI is InChI=1S/C28H31F2N3O4/c1-3-18-5-4-6-19(9-18)15-31-16-27(36)25(12-20-10-21(29)13-22(30)11-20)33-28(37)24-14-23(32-17(2)34)7-8-26(24)35/h4-11,13-14,25,27,31,35-36H,3,12,15-16H2,1-2H3,(H,32,34)(H,33,37)/t25-,27-/m0/s1. The average Bonchev–Trinajstić information content (AvgIpc) is 2.84. The summed E-state index contributed by atoms with van der Waals surface area (Å²) in [5.41, 5.74) is 2.63. The van der Waals surface area contributed by atoms with E-state index in [1.807, 2.05) is 18.2 Å². The summed E-state index contributed by atoms with van der Waals surface area (Å²) in [6.45, 7) is 3.92. The van der Waals surface area contributed by atoms with Crippen molar-refractivity contribution in [2.24, 2.45) is 0 Å². The quantitative estimate of drug-likeness (QED) is 0.252. The van der Waals surface area contributed by atoms with Gasteiger partial charge >= 0.3 is 0 Å². The van der Waals surface area contributed by atoms with Crippen LogP contribution in [0.15, 0.2) is 60.7 Å². The number of phenolic OH excluding ortho intramolecular Hbond substituents is 1. The van der Waals surface area contributed by atoms with E-state index < -0.39 is 29.7 Å². The topological polar surface area (TPSA) is 111 Å². The van der Waals surface area contributed by atoms with Gasteiger partial charge in [-0.2, -0.15) is 0 Å². The van der Waals surface area contributed by atoms with E-state index in [1.54, 1.807) is 0 Å². The molecule has 7 nitrogen and oxygen atoms in total. The van der Waals surface area contributed by atoms with Gasteiger partial charge in [0.1, 0.15) is 17.4 Å². The van der Waals surface area contributed by atoms with Crippen molar-refractivity contribution in [3.05, 3.63) is 94.6 Å². The first-order chi connectivity index (χ1) is 17.6. The average molecular weight is 512 g/mol. The van der Waals surface area contributed by atoms with Crippen LogP contribution in [0.5, 0.6) is 5.75 Å². The van der Waals surface area contributed by atoms with Crippen molar-refractivity contribution in [1.82, 2.24) is 10.6 Å². The number of aliphatic hydroxyl groups is 1. The number of aromatic hydroxyl groups is 1. The van der Waals surface area contributed by atoms with Crippen molar-refractivity contribution in [2.45, 2.75) is 45.4 Å². The third-order valence-corrected chi connectivity index (χ3v) is 5.80. The first-order valence-corrected chi connectivity index (χ1v) is 12.0. The SMILES string of the molecule is CCc1cccc(CNC[C@H](O)[C@H](Cc2cc(F)cc(F)c2)NC(=O)c2cc(NC(C)=O)ccc2O)c1. The number of anilines is 1. The maximum atomic E-state index is 13.8. The van der Waals surface area contributed by atoms with Crippen molar-refractivity contribution < 1.29 is 28.6 Å². The van der Waals surface area contributed by atoms with Crippen LogP contribution in [0.4, 0.5) is 14.5 Å². The van der Waals surface area contributed by atoms with Gasteiger partial charge in [-0.3, -0.25) is 9.59 Å². The van der Waals surface area contributed by atoms with Gasteiger partial charge < -0.3 is 26.2 Å². The van der Waals surface area contributed by atoms with E-state index >= 15 is 0 Å². The molecule has 0 bridgehead atoms. The fraction of sp³-hybridized carbons (Fsp3) is 0.286. The van der Waals surface area contributed by atoms with Gasteiger partial charge in [-0.1, -0.05) is 31.2 Å². The first-order valence-electron chi connectivity index (χ1n) is 12.0. The number of carbonyl (C=O) groups is 2. The van der Waals surface area contributed by atoms with Crippen molar-refractivity contribution >= 4 is 17.5 Å². The van der Waals surface area contributed by atoms with Crippen molar-refractivity contribution in [2.75, 3.05) is 11.9 Å². The highest BCUT2D eigenvalue weighted by Gasteiger charge is 2.24. The molecule has 3 aromatic carbocycles. The molecule has 0 radical (unpaired) electrons. The minimum Gasteiger partial charge on any atom is -0.507 e. The van der Waals surface area contributed by atoms with Gasteiger partial charge in [0.05, 0.1) is 17.7 Å². The Labute approximate surface area is 214 Å². The number of halogens is 2. The van der Waals surface area contributed by atoms with E-state index in [2.05, 4.69) is 28.9 Å². The molecule has 5 N–H and O–H groups in total. The number of aliphatic hydroxyl groups excluding tert-OH is 1. The van der Waals surface area contributed by atoms with Crippen molar-refractivity contribution in [3.63, 3.8) is 0 Å². The maximum Gasteiger partial charge on any atom is 0.255 e. The highest BCUT2D eigenvalue weighted by molar-refractivity contribution is 5.99. The molecule has 0 aliphatic rings. The maximum absolute atomic E-state index is 13.8. The molecule has 0 spiro atoms. The van der Waals surface area contributed by atoms with Crippen LogP contribution in [0.3, 0.4) is 0 Å². The summed E-state index contributed by atoms with van der Waals surface area (Å²) >= 11 is 0. The van der Waals surface area contributed by atoms with Crippen LogP contribution in [-0.2, 0) is 24.2 Å². The lowest BCUT2D eigenvalue weighted by Gasteiger charge is -2.25. The summed E-state index contributed by atoms with van der Waals surface area (Å²) in [5.74, 6) is -2.95. The van der Waals surface area contributed by atoms with Gasteiger partial charge in [-0.05, 0) is 59.9 Å². The molecule has 0 unspecified atom stereocenters. The highest BCUT2D eigenvalue weighted by atomic mass is 19.1. The van der Waals surface area contributed by atoms with Crippen LogP contribution in [-0.4, -0.2) is 40.7 Å². The first kappa shape index (κ1) is 27.8. The zero-order valence-electron chi connectivity index (χ0n) is 20.7. The Hall–Kier alpha value is -3.82. The number of nitrogens with one attached hydrogen (secondary N) is 3. The van der Waals surface area contributed by atoms with Crippen LogP contribution in [0, 0.1) is 11.6 Å². The van der Waals surface area contributed by atoms with Crippen LogP contribution >= 0.6 is 0 Å². The second-order valence-corrected chi connectivity index (χ2v) is 8.85. The Kier molecular flexibility index (Phi) is 9.71. The smallest absolute Gasteiger partial charge is 0.255 e. The number of benzene rings is 3. The molecule has 0 heterocycles. The van der Waals surface area contributed by atoms with Gasteiger partial charge in [-0.25, -0.2) is 8.78 Å². The second-order valence-electron chi connectivity index (χ2n) is 8.85. The zero-order chi connectivity index (χ0) is 26.9. The fourth-order valence-electron chi connectivity index (χ4n) is 3.98. The number of aryl methyl sites for hydroxylation is 1. The summed E-state index contributed by atoms with van der Waals surface area (Å²) in [6.07, 6.45) is -0.309. The molecule has 0 fully saturated rings. The summed E-state index contributed by atoms with van der Waals surface area (Å²) in [7, 11) is 0. The Morgan fingerprint density at radius 1 is 0.946 bits per heavy atom. The molecule has 196 valence electrons. The molecule has 3 aromatic rings. The summed E-state index contributed by atoms with van der Waals surface area (Å²) in [4.78, 5) is 24.4. The minimum atomic E-state index is -1.13. The third-order valence-electron chi connectivity index (χ3n) is 5.80. The summed E-state index contributed by atoms with van der Waals surface area (Å²) < 4.78 is 27.6. The molecule has 9 heteroatoms. The van der Waals surface area contributed by atoms with E-state index in [-0.39, 0.29) is 35.7 Å². The molecule has 3 rings (SSSR count). The Morgan fingerprint density at radius 3 is 2.32 bits per heavy atom. The summed E-state index contributed by atoms with van der Waals surface area (Å²) in [6, 6.07) is 14.0. The van der Waals surface area contributed by atoms with E-state index in [4.69, 9.17) is 0 Å². The number of hydrogen-bond donors (Lipinski definition) is 5. The monoisotopic (exact) mass is 511 g/mol.